The van der Waals surface area contributed by atoms with E-state index in [2.05, 4.69) is 30.0 Å². The lowest BCUT2D eigenvalue weighted by Crippen LogP contribution is -2.25. The molecule has 1 amide bonds. The number of anilines is 1. The average Bonchev–Trinajstić information content (AvgIpc) is 3.28. The van der Waals surface area contributed by atoms with E-state index in [-0.39, 0.29) is 16.9 Å². The molecule has 0 spiro atoms. The number of carbonyl (C=O) groups is 1. The van der Waals surface area contributed by atoms with Gasteiger partial charge >= 0.3 is 0 Å². The molecule has 9 nitrogen and oxygen atoms in total. The van der Waals surface area contributed by atoms with Gasteiger partial charge in [0, 0.05) is 17.0 Å². The molecule has 0 unspecified atom stereocenters. The van der Waals surface area contributed by atoms with Crippen LogP contribution in [0.1, 0.15) is 65.9 Å². The van der Waals surface area contributed by atoms with Gasteiger partial charge in [0.2, 0.25) is 5.95 Å². The molecule has 1 aliphatic rings. The molecular weight excluding hydrogens is 390 g/mol. The van der Waals surface area contributed by atoms with Gasteiger partial charge in [-0.3, -0.25) is 14.6 Å². The lowest BCUT2D eigenvalue weighted by molar-refractivity contribution is 0.102. The molecule has 3 aromatic heterocycles. The van der Waals surface area contributed by atoms with E-state index in [0.717, 1.165) is 54.2 Å². The van der Waals surface area contributed by atoms with Crippen LogP contribution >= 0.6 is 11.5 Å². The number of nitrogens with one attached hydrogen (secondary N) is 2. The summed E-state index contributed by atoms with van der Waals surface area (Å²) in [6, 6.07) is 1.81. The summed E-state index contributed by atoms with van der Waals surface area (Å²) < 4.78 is 5.32. The third kappa shape index (κ3) is 3.71. The molecule has 2 N–H and O–H groups in total. The first-order chi connectivity index (χ1) is 13.7. The summed E-state index contributed by atoms with van der Waals surface area (Å²) in [6.07, 6.45) is 3.52. The Hall–Kier alpha value is -2.88. The molecule has 0 atom stereocenters. The fourth-order valence-corrected chi connectivity index (χ4v) is 3.85. The fraction of sp³-hybridized carbons (Fsp3) is 0.474. The third-order valence-electron chi connectivity index (χ3n) is 4.96. The number of amides is 1. The number of hydrogen-bond acceptors (Lipinski definition) is 7. The number of hydrogen-bond donors (Lipinski definition) is 2. The van der Waals surface area contributed by atoms with Crippen LogP contribution in [-0.2, 0) is 18.3 Å². The topological polar surface area (TPSA) is 118 Å². The van der Waals surface area contributed by atoms with Crippen LogP contribution in [0.5, 0.6) is 0 Å². The predicted molar refractivity (Wildman–Crippen MR) is 110 cm³/mol. The quantitative estimate of drug-likeness (QED) is 0.681. The van der Waals surface area contributed by atoms with Crippen LogP contribution in [0.4, 0.5) is 5.82 Å². The Morgan fingerprint density at radius 3 is 2.72 bits per heavy atom. The Morgan fingerprint density at radius 1 is 1.28 bits per heavy atom. The highest BCUT2D eigenvalue weighted by Crippen LogP contribution is 2.26. The minimum absolute atomic E-state index is 0.141. The van der Waals surface area contributed by atoms with Crippen LogP contribution in [0.25, 0.3) is 5.95 Å². The van der Waals surface area contributed by atoms with Gasteiger partial charge in [-0.05, 0) is 44.1 Å². The third-order valence-corrected chi connectivity index (χ3v) is 5.78. The molecule has 29 heavy (non-hydrogen) atoms. The standard InChI is InChI=1S/C19H23N7O2S/c1-10-15(29-25-23-10)17(28)21-14-9-13(19(2,3)4)24-26(14)18-20-12-8-6-5-7-11(12)16(27)22-18/h9H,5-8H2,1-4H3,(H,21,28)(H,20,22,27). The van der Waals surface area contributed by atoms with Crippen molar-refractivity contribution in [1.82, 2.24) is 29.3 Å². The van der Waals surface area contributed by atoms with E-state index in [1.165, 1.54) is 4.68 Å². The maximum Gasteiger partial charge on any atom is 0.270 e. The summed E-state index contributed by atoms with van der Waals surface area (Å²) in [5.41, 5.74) is 2.50. The minimum Gasteiger partial charge on any atom is -0.306 e. The summed E-state index contributed by atoms with van der Waals surface area (Å²) in [5.74, 6) is 0.423. The first-order valence-electron chi connectivity index (χ1n) is 9.57. The molecule has 3 heterocycles. The monoisotopic (exact) mass is 413 g/mol. The molecule has 10 heteroatoms. The lowest BCUT2D eigenvalue weighted by Gasteiger charge is -2.16. The second-order valence-electron chi connectivity index (χ2n) is 8.24. The van der Waals surface area contributed by atoms with Gasteiger partial charge in [-0.2, -0.15) is 9.78 Å². The van der Waals surface area contributed by atoms with Crippen LogP contribution in [0, 0.1) is 6.92 Å². The van der Waals surface area contributed by atoms with Gasteiger partial charge in [-0.15, -0.1) is 5.10 Å². The second kappa shape index (κ2) is 7.18. The average molecular weight is 414 g/mol. The van der Waals surface area contributed by atoms with Gasteiger partial charge < -0.3 is 5.32 Å². The first-order valence-corrected chi connectivity index (χ1v) is 10.3. The molecule has 0 bridgehead atoms. The van der Waals surface area contributed by atoms with E-state index in [9.17, 15) is 9.59 Å². The van der Waals surface area contributed by atoms with Gasteiger partial charge in [0.25, 0.3) is 11.5 Å². The van der Waals surface area contributed by atoms with Gasteiger partial charge in [-0.25, -0.2) is 4.98 Å². The maximum absolute atomic E-state index is 12.7. The molecule has 0 saturated heterocycles. The SMILES string of the molecule is Cc1nnsc1C(=O)Nc1cc(C(C)(C)C)nn1-c1nc2c(c(=O)[nH]1)CCCC2. The van der Waals surface area contributed by atoms with Crippen LogP contribution in [0.3, 0.4) is 0 Å². The first kappa shape index (κ1) is 19.4. The van der Waals surface area contributed by atoms with Crippen molar-refractivity contribution < 1.29 is 4.79 Å². The second-order valence-corrected chi connectivity index (χ2v) is 8.99. The number of aryl methyl sites for hydroxylation is 2. The summed E-state index contributed by atoms with van der Waals surface area (Å²) >= 11 is 1.04. The molecule has 152 valence electrons. The number of carbonyl (C=O) groups excluding carboxylic acids is 1. The largest absolute Gasteiger partial charge is 0.306 e. The van der Waals surface area contributed by atoms with E-state index in [4.69, 9.17) is 0 Å². The van der Waals surface area contributed by atoms with Gasteiger partial charge in [0.1, 0.15) is 10.7 Å². The lowest BCUT2D eigenvalue weighted by atomic mass is 9.92. The molecule has 4 rings (SSSR count). The van der Waals surface area contributed by atoms with Crippen molar-refractivity contribution in [1.29, 1.82) is 0 Å². The minimum atomic E-state index is -0.320. The predicted octanol–water partition coefficient (Wildman–Crippen LogP) is 2.54. The van der Waals surface area contributed by atoms with Crippen LogP contribution in [-0.4, -0.2) is 35.2 Å². The number of H-pyrrole nitrogens is 1. The Bertz CT molecular complexity index is 1140. The van der Waals surface area contributed by atoms with E-state index in [0.29, 0.717) is 22.3 Å². The van der Waals surface area contributed by atoms with Crippen molar-refractivity contribution in [2.75, 3.05) is 5.32 Å². The van der Waals surface area contributed by atoms with Crippen molar-refractivity contribution in [3.63, 3.8) is 0 Å². The van der Waals surface area contributed by atoms with Gasteiger partial charge in [0.15, 0.2) is 0 Å². The van der Waals surface area contributed by atoms with Crippen LogP contribution in [0.2, 0.25) is 0 Å². The normalized spacial score (nSPS) is 13.9. The molecule has 0 aliphatic heterocycles. The Balaban J connectivity index is 1.79. The number of rotatable bonds is 3. The van der Waals surface area contributed by atoms with E-state index in [1.54, 1.807) is 13.0 Å². The van der Waals surface area contributed by atoms with E-state index >= 15 is 0 Å². The molecule has 1 aliphatic carbocycles. The molecular formula is C19H23N7O2S. The highest BCUT2D eigenvalue weighted by atomic mass is 32.1. The zero-order chi connectivity index (χ0) is 20.8. The van der Waals surface area contributed by atoms with Crippen LogP contribution in [0.15, 0.2) is 10.9 Å². The van der Waals surface area contributed by atoms with Crippen LogP contribution < -0.4 is 10.9 Å². The number of fused-ring (bicyclic) bond motifs is 1. The van der Waals surface area contributed by atoms with Crippen molar-refractivity contribution in [2.24, 2.45) is 0 Å². The summed E-state index contributed by atoms with van der Waals surface area (Å²) in [7, 11) is 0. The molecule has 0 fully saturated rings. The number of nitrogens with zero attached hydrogens (tertiary/aromatic N) is 5. The summed E-state index contributed by atoms with van der Waals surface area (Å²) in [6.45, 7) is 7.83. The van der Waals surface area contributed by atoms with Crippen molar-refractivity contribution in [3.8, 4) is 5.95 Å². The van der Waals surface area contributed by atoms with Crippen molar-refractivity contribution in [3.05, 3.63) is 43.9 Å². The molecule has 0 saturated carbocycles. The maximum atomic E-state index is 12.7. The van der Waals surface area contributed by atoms with E-state index in [1.807, 2.05) is 20.8 Å². The Morgan fingerprint density at radius 2 is 2.03 bits per heavy atom. The zero-order valence-corrected chi connectivity index (χ0v) is 17.7. The Labute approximate surface area is 171 Å². The zero-order valence-electron chi connectivity index (χ0n) is 16.9. The molecule has 0 radical (unpaired) electrons. The highest BCUT2D eigenvalue weighted by molar-refractivity contribution is 7.08. The van der Waals surface area contributed by atoms with Gasteiger partial charge in [-0.1, -0.05) is 25.3 Å². The smallest absolute Gasteiger partial charge is 0.270 e. The van der Waals surface area contributed by atoms with Gasteiger partial charge in [0.05, 0.1) is 17.1 Å². The number of aromatic amines is 1. The Kier molecular flexibility index (Phi) is 4.81. The summed E-state index contributed by atoms with van der Waals surface area (Å²) in [5, 5.41) is 11.4. The van der Waals surface area contributed by atoms with Crippen molar-refractivity contribution >= 4 is 23.3 Å². The fourth-order valence-electron chi connectivity index (χ4n) is 3.30. The molecule has 3 aromatic rings. The highest BCUT2D eigenvalue weighted by Gasteiger charge is 2.25. The van der Waals surface area contributed by atoms with Crippen molar-refractivity contribution in [2.45, 2.75) is 58.8 Å². The van der Waals surface area contributed by atoms with E-state index < -0.39 is 0 Å². The molecule has 0 aromatic carbocycles. The summed E-state index contributed by atoms with van der Waals surface area (Å²) in [4.78, 5) is 33.2. The number of aromatic nitrogens is 6.